The van der Waals surface area contributed by atoms with Gasteiger partial charge in [-0.3, -0.25) is 0 Å². The van der Waals surface area contributed by atoms with Crippen LogP contribution in [0.4, 0.5) is 10.9 Å². The molecule has 1 fully saturated rings. The van der Waals surface area contributed by atoms with Crippen LogP contribution in [0.3, 0.4) is 0 Å². The van der Waals surface area contributed by atoms with Crippen molar-refractivity contribution < 1.29 is 0 Å². The zero-order valence-electron chi connectivity index (χ0n) is 10.1. The fraction of sp³-hybridized carbons (Fsp3) is 0.333. The molecule has 1 aliphatic heterocycles. The number of hydrogen-bond donors (Lipinski definition) is 0. The average Bonchev–Trinajstić information content (AvgIpc) is 2.93. The fourth-order valence-electron chi connectivity index (χ4n) is 2.12. The number of rotatable bonds is 2. The first kappa shape index (κ1) is 13.1. The van der Waals surface area contributed by atoms with Gasteiger partial charge in [-0.25, -0.2) is 9.97 Å². The Bertz CT molecular complexity index is 555. The van der Waals surface area contributed by atoms with Crippen LogP contribution in [0, 0.1) is 0 Å². The molecule has 7 heteroatoms. The van der Waals surface area contributed by atoms with Gasteiger partial charge in [0, 0.05) is 48.4 Å². The molecule has 19 heavy (non-hydrogen) atoms. The van der Waals surface area contributed by atoms with Gasteiger partial charge in [-0.05, 0) is 22.0 Å². The third-order valence-electron chi connectivity index (χ3n) is 3.06. The molecule has 0 bridgehead atoms. The molecule has 100 valence electrons. The van der Waals surface area contributed by atoms with Crippen molar-refractivity contribution in [2.75, 3.05) is 36.0 Å². The van der Waals surface area contributed by atoms with Crippen LogP contribution in [0.1, 0.15) is 0 Å². The summed E-state index contributed by atoms with van der Waals surface area (Å²) in [5.41, 5.74) is 0. The van der Waals surface area contributed by atoms with Gasteiger partial charge in [0.25, 0.3) is 0 Å². The zero-order valence-corrected chi connectivity index (χ0v) is 13.2. The van der Waals surface area contributed by atoms with E-state index < -0.39 is 0 Å². The number of aromatic nitrogens is 2. The van der Waals surface area contributed by atoms with Crippen molar-refractivity contribution in [1.82, 2.24) is 9.97 Å². The van der Waals surface area contributed by atoms with Gasteiger partial charge in [0.1, 0.15) is 5.82 Å². The number of piperazine rings is 1. The molecule has 0 N–H and O–H groups in total. The molecule has 0 unspecified atom stereocenters. The normalized spacial score (nSPS) is 15.9. The number of anilines is 2. The van der Waals surface area contributed by atoms with Crippen LogP contribution in [0.2, 0.25) is 5.02 Å². The number of hydrogen-bond acceptors (Lipinski definition) is 5. The van der Waals surface area contributed by atoms with E-state index in [0.29, 0.717) is 5.02 Å². The third-order valence-corrected chi connectivity index (χ3v) is 4.60. The van der Waals surface area contributed by atoms with E-state index >= 15 is 0 Å². The van der Waals surface area contributed by atoms with Crippen molar-refractivity contribution in [1.29, 1.82) is 0 Å². The summed E-state index contributed by atoms with van der Waals surface area (Å²) in [5, 5.41) is 3.79. The maximum Gasteiger partial charge on any atom is 0.185 e. The van der Waals surface area contributed by atoms with Crippen molar-refractivity contribution in [3.63, 3.8) is 0 Å². The predicted molar refractivity (Wildman–Crippen MR) is 83.5 cm³/mol. The van der Waals surface area contributed by atoms with Crippen LogP contribution >= 0.6 is 38.9 Å². The van der Waals surface area contributed by atoms with Gasteiger partial charge in [-0.1, -0.05) is 11.6 Å². The van der Waals surface area contributed by atoms with Crippen LogP contribution in [0.25, 0.3) is 0 Å². The highest BCUT2D eigenvalue weighted by Gasteiger charge is 2.21. The summed E-state index contributed by atoms with van der Waals surface area (Å²) in [6.07, 6.45) is 3.63. The van der Waals surface area contributed by atoms with E-state index in [0.717, 1.165) is 41.6 Å². The summed E-state index contributed by atoms with van der Waals surface area (Å²) in [6, 6.07) is 1.89. The largest absolute Gasteiger partial charge is 0.352 e. The highest BCUT2D eigenvalue weighted by molar-refractivity contribution is 9.10. The molecule has 1 saturated heterocycles. The molecule has 0 radical (unpaired) electrons. The Labute approximate surface area is 129 Å². The minimum Gasteiger partial charge on any atom is -0.352 e. The number of pyridine rings is 1. The van der Waals surface area contributed by atoms with E-state index in [9.17, 15) is 0 Å². The number of nitrogens with zero attached hydrogens (tertiary/aromatic N) is 4. The lowest BCUT2D eigenvalue weighted by molar-refractivity contribution is 0.646. The lowest BCUT2D eigenvalue weighted by Gasteiger charge is -2.35. The van der Waals surface area contributed by atoms with Crippen LogP contribution in [0.5, 0.6) is 0 Å². The third kappa shape index (κ3) is 2.85. The first-order chi connectivity index (χ1) is 9.24. The summed E-state index contributed by atoms with van der Waals surface area (Å²) in [6.45, 7) is 3.71. The second-order valence-electron chi connectivity index (χ2n) is 4.25. The Morgan fingerprint density at radius 3 is 2.53 bits per heavy atom. The van der Waals surface area contributed by atoms with Crippen LogP contribution in [-0.2, 0) is 0 Å². The second-order valence-corrected chi connectivity index (χ2v) is 6.44. The average molecular weight is 360 g/mol. The first-order valence-electron chi connectivity index (χ1n) is 5.94. The van der Waals surface area contributed by atoms with Crippen molar-refractivity contribution in [3.05, 3.63) is 33.3 Å². The van der Waals surface area contributed by atoms with E-state index in [1.807, 2.05) is 17.6 Å². The Hall–Kier alpha value is -0.850. The zero-order chi connectivity index (χ0) is 13.2. The maximum absolute atomic E-state index is 6.24. The van der Waals surface area contributed by atoms with Crippen molar-refractivity contribution in [3.8, 4) is 0 Å². The molecule has 2 aromatic heterocycles. The van der Waals surface area contributed by atoms with Crippen molar-refractivity contribution in [2.24, 2.45) is 0 Å². The lowest BCUT2D eigenvalue weighted by atomic mass is 10.3. The number of halogens is 2. The molecule has 0 aliphatic carbocycles. The van der Waals surface area contributed by atoms with E-state index in [1.54, 1.807) is 17.5 Å². The minimum atomic E-state index is 0.692. The Balaban J connectivity index is 1.70. The molecule has 0 amide bonds. The second kappa shape index (κ2) is 5.64. The molecular weight excluding hydrogens is 348 g/mol. The molecule has 1 aliphatic rings. The van der Waals surface area contributed by atoms with Gasteiger partial charge in [0.15, 0.2) is 5.13 Å². The molecule has 0 aromatic carbocycles. The van der Waals surface area contributed by atoms with Gasteiger partial charge in [-0.2, -0.15) is 0 Å². The molecule has 0 atom stereocenters. The highest BCUT2D eigenvalue weighted by atomic mass is 79.9. The molecule has 2 aromatic rings. The molecule has 4 nitrogen and oxygen atoms in total. The molecule has 3 heterocycles. The van der Waals surface area contributed by atoms with Crippen LogP contribution < -0.4 is 9.80 Å². The summed E-state index contributed by atoms with van der Waals surface area (Å²) in [4.78, 5) is 13.3. The van der Waals surface area contributed by atoms with Crippen LogP contribution in [-0.4, -0.2) is 36.1 Å². The Morgan fingerprint density at radius 1 is 1.16 bits per heavy atom. The lowest BCUT2D eigenvalue weighted by Crippen LogP contribution is -2.46. The van der Waals surface area contributed by atoms with Crippen molar-refractivity contribution >= 4 is 49.8 Å². The highest BCUT2D eigenvalue weighted by Crippen LogP contribution is 2.28. The van der Waals surface area contributed by atoms with Gasteiger partial charge in [-0.15, -0.1) is 11.3 Å². The van der Waals surface area contributed by atoms with Gasteiger partial charge >= 0.3 is 0 Å². The van der Waals surface area contributed by atoms with E-state index in [4.69, 9.17) is 11.6 Å². The molecular formula is C12H12BrClN4S. The molecule has 0 spiro atoms. The van der Waals surface area contributed by atoms with E-state index in [1.165, 1.54) is 0 Å². The van der Waals surface area contributed by atoms with Gasteiger partial charge < -0.3 is 9.80 Å². The SMILES string of the molecule is Clc1cc(Br)cnc1N1CCN(c2nccs2)CC1. The first-order valence-corrected chi connectivity index (χ1v) is 7.99. The topological polar surface area (TPSA) is 32.3 Å². The van der Waals surface area contributed by atoms with E-state index in [2.05, 4.69) is 35.7 Å². The van der Waals surface area contributed by atoms with Crippen LogP contribution in [0.15, 0.2) is 28.3 Å². The predicted octanol–water partition coefficient (Wildman–Crippen LogP) is 3.28. The summed E-state index contributed by atoms with van der Waals surface area (Å²) in [5.74, 6) is 0.864. The Kier molecular flexibility index (Phi) is 3.91. The quantitative estimate of drug-likeness (QED) is 0.824. The standard InChI is InChI=1S/C12H12BrClN4S/c13-9-7-10(14)11(16-8-9)17-2-4-18(5-3-17)12-15-1-6-19-12/h1,6-8H,2-5H2. The summed E-state index contributed by atoms with van der Waals surface area (Å²) in [7, 11) is 0. The van der Waals surface area contributed by atoms with Gasteiger partial charge in [0.05, 0.1) is 5.02 Å². The van der Waals surface area contributed by atoms with Crippen molar-refractivity contribution in [2.45, 2.75) is 0 Å². The maximum atomic E-state index is 6.24. The summed E-state index contributed by atoms with van der Waals surface area (Å²) < 4.78 is 0.905. The number of thiazole rings is 1. The monoisotopic (exact) mass is 358 g/mol. The van der Waals surface area contributed by atoms with Gasteiger partial charge in [0.2, 0.25) is 0 Å². The molecule has 3 rings (SSSR count). The smallest absolute Gasteiger partial charge is 0.185 e. The molecule has 0 saturated carbocycles. The fourth-order valence-corrected chi connectivity index (χ4v) is 3.57. The van der Waals surface area contributed by atoms with E-state index in [-0.39, 0.29) is 0 Å². The summed E-state index contributed by atoms with van der Waals surface area (Å²) >= 11 is 11.3. The Morgan fingerprint density at radius 2 is 1.89 bits per heavy atom. The minimum absolute atomic E-state index is 0.692.